The van der Waals surface area contributed by atoms with Crippen LogP contribution in [0.1, 0.15) is 28.4 Å². The summed E-state index contributed by atoms with van der Waals surface area (Å²) in [5, 5.41) is 0.403. The Labute approximate surface area is 131 Å². The molecule has 0 spiro atoms. The maximum atomic E-state index is 11.3. The highest BCUT2D eigenvalue weighted by molar-refractivity contribution is 9.10. The molecule has 2 aromatic carbocycles. The number of rotatable bonds is 3. The van der Waals surface area contributed by atoms with E-state index in [2.05, 4.69) is 15.9 Å². The van der Waals surface area contributed by atoms with E-state index in [9.17, 15) is 4.79 Å². The second kappa shape index (κ2) is 5.98. The molecule has 0 amide bonds. The third kappa shape index (κ3) is 3.22. The minimum Gasteiger partial charge on any atom is -0.457 e. The predicted molar refractivity (Wildman–Crippen MR) is 85.1 cm³/mol. The summed E-state index contributed by atoms with van der Waals surface area (Å²) in [6, 6.07) is 8.98. The van der Waals surface area contributed by atoms with E-state index in [1.807, 2.05) is 26.0 Å². The first kappa shape index (κ1) is 15.1. The van der Waals surface area contributed by atoms with Crippen molar-refractivity contribution < 1.29 is 9.53 Å². The van der Waals surface area contributed by atoms with Crippen molar-refractivity contribution in [1.29, 1.82) is 0 Å². The van der Waals surface area contributed by atoms with Gasteiger partial charge in [0.1, 0.15) is 11.5 Å². The zero-order valence-corrected chi connectivity index (χ0v) is 13.8. The Bertz CT molecular complexity index is 657. The summed E-state index contributed by atoms with van der Waals surface area (Å²) in [6.07, 6.45) is 0. The third-order valence-electron chi connectivity index (χ3n) is 2.97. The number of Topliss-reactive ketones (excluding diaryl/α,β-unsaturated/α-hetero) is 1. The van der Waals surface area contributed by atoms with Gasteiger partial charge in [0.2, 0.25) is 0 Å². The predicted octanol–water partition coefficient (Wildman–Crippen LogP) is 5.71. The molecule has 2 nitrogen and oxygen atoms in total. The lowest BCUT2D eigenvalue weighted by molar-refractivity contribution is 0.101. The summed E-state index contributed by atoms with van der Waals surface area (Å²) in [5.74, 6) is 1.30. The van der Waals surface area contributed by atoms with E-state index in [0.29, 0.717) is 16.3 Å². The summed E-state index contributed by atoms with van der Waals surface area (Å²) in [7, 11) is 0. The average Bonchev–Trinajstić information content (AvgIpc) is 2.35. The van der Waals surface area contributed by atoms with Crippen molar-refractivity contribution in [1.82, 2.24) is 0 Å². The molecular weight excluding hydrogens is 340 g/mol. The third-order valence-corrected chi connectivity index (χ3v) is 4.53. The van der Waals surface area contributed by atoms with Gasteiger partial charge in [-0.25, -0.2) is 0 Å². The van der Waals surface area contributed by atoms with Gasteiger partial charge in [0, 0.05) is 16.1 Å². The summed E-state index contributed by atoms with van der Waals surface area (Å²) >= 11 is 9.59. The molecule has 0 saturated carbocycles. The molecule has 0 aromatic heterocycles. The maximum Gasteiger partial charge on any atom is 0.161 e. The zero-order chi connectivity index (χ0) is 14.9. The van der Waals surface area contributed by atoms with E-state index in [4.69, 9.17) is 16.3 Å². The van der Waals surface area contributed by atoms with Crippen molar-refractivity contribution in [3.05, 3.63) is 56.5 Å². The number of carbonyl (C=O) groups excluding carboxylic acids is 1. The first-order valence-corrected chi connectivity index (χ1v) is 7.30. The molecule has 4 heteroatoms. The second-order valence-corrected chi connectivity index (χ2v) is 5.87. The average molecular weight is 354 g/mol. The number of ketones is 1. The van der Waals surface area contributed by atoms with E-state index >= 15 is 0 Å². The van der Waals surface area contributed by atoms with Gasteiger partial charge in [-0.1, -0.05) is 27.5 Å². The first-order valence-electron chi connectivity index (χ1n) is 6.13. The number of hydrogen-bond acceptors (Lipinski definition) is 2. The SMILES string of the molecule is CC(=O)c1ccc(Oc2cc(C)c(Br)c(C)c2)cc1Cl. The topological polar surface area (TPSA) is 26.3 Å². The number of hydrogen-bond donors (Lipinski definition) is 0. The van der Waals surface area contributed by atoms with Crippen LogP contribution in [0.2, 0.25) is 5.02 Å². The fourth-order valence-electron chi connectivity index (χ4n) is 1.95. The summed E-state index contributed by atoms with van der Waals surface area (Å²) < 4.78 is 6.87. The van der Waals surface area contributed by atoms with Crippen LogP contribution >= 0.6 is 27.5 Å². The quantitative estimate of drug-likeness (QED) is 0.660. The summed E-state index contributed by atoms with van der Waals surface area (Å²) in [5.41, 5.74) is 2.71. The standard InChI is InChI=1S/C16H14BrClO2/c1-9-6-13(7-10(2)16(9)17)20-12-4-5-14(11(3)19)15(18)8-12/h4-8H,1-3H3. The van der Waals surface area contributed by atoms with Crippen LogP contribution in [0.15, 0.2) is 34.8 Å². The lowest BCUT2D eigenvalue weighted by atomic mass is 10.1. The Morgan fingerprint density at radius 1 is 1.10 bits per heavy atom. The first-order chi connectivity index (χ1) is 9.38. The van der Waals surface area contributed by atoms with Gasteiger partial charge in [0.05, 0.1) is 5.02 Å². The Balaban J connectivity index is 2.31. The van der Waals surface area contributed by atoms with Crippen LogP contribution in [-0.4, -0.2) is 5.78 Å². The molecular formula is C16H14BrClO2. The number of halogens is 2. The Hall–Kier alpha value is -1.32. The largest absolute Gasteiger partial charge is 0.457 e. The van der Waals surface area contributed by atoms with Crippen LogP contribution in [0.25, 0.3) is 0 Å². The van der Waals surface area contributed by atoms with Gasteiger partial charge in [-0.15, -0.1) is 0 Å². The molecule has 0 aliphatic rings. The van der Waals surface area contributed by atoms with Crippen molar-refractivity contribution >= 4 is 33.3 Å². The highest BCUT2D eigenvalue weighted by Gasteiger charge is 2.08. The monoisotopic (exact) mass is 352 g/mol. The van der Waals surface area contributed by atoms with Crippen LogP contribution < -0.4 is 4.74 Å². The molecule has 0 radical (unpaired) electrons. The molecule has 0 atom stereocenters. The molecule has 0 heterocycles. The molecule has 0 saturated heterocycles. The highest BCUT2D eigenvalue weighted by atomic mass is 79.9. The molecule has 0 unspecified atom stereocenters. The minimum atomic E-state index is -0.0584. The Morgan fingerprint density at radius 3 is 2.20 bits per heavy atom. The van der Waals surface area contributed by atoms with Gasteiger partial charge < -0.3 is 4.74 Å². The van der Waals surface area contributed by atoms with Crippen LogP contribution in [0.3, 0.4) is 0 Å². The van der Waals surface area contributed by atoms with Gasteiger partial charge in [0.25, 0.3) is 0 Å². The molecule has 20 heavy (non-hydrogen) atoms. The molecule has 0 bridgehead atoms. The van der Waals surface area contributed by atoms with E-state index in [-0.39, 0.29) is 5.78 Å². The van der Waals surface area contributed by atoms with Crippen LogP contribution in [0.5, 0.6) is 11.5 Å². The van der Waals surface area contributed by atoms with Crippen molar-refractivity contribution in [2.45, 2.75) is 20.8 Å². The van der Waals surface area contributed by atoms with Crippen molar-refractivity contribution in [2.24, 2.45) is 0 Å². The van der Waals surface area contributed by atoms with Crippen molar-refractivity contribution in [3.8, 4) is 11.5 Å². The second-order valence-electron chi connectivity index (χ2n) is 4.67. The van der Waals surface area contributed by atoms with Gasteiger partial charge in [-0.2, -0.15) is 0 Å². The zero-order valence-electron chi connectivity index (χ0n) is 11.5. The highest BCUT2D eigenvalue weighted by Crippen LogP contribution is 2.31. The van der Waals surface area contributed by atoms with Crippen LogP contribution in [0, 0.1) is 13.8 Å². The fraction of sp³-hybridized carbons (Fsp3) is 0.188. The molecule has 2 rings (SSSR count). The number of aryl methyl sites for hydroxylation is 2. The van der Waals surface area contributed by atoms with E-state index in [1.165, 1.54) is 6.92 Å². The van der Waals surface area contributed by atoms with Crippen LogP contribution in [-0.2, 0) is 0 Å². The normalized spacial score (nSPS) is 10.4. The van der Waals surface area contributed by atoms with Gasteiger partial charge in [0.15, 0.2) is 5.78 Å². The van der Waals surface area contributed by atoms with Gasteiger partial charge >= 0.3 is 0 Å². The summed E-state index contributed by atoms with van der Waals surface area (Å²) in [6.45, 7) is 5.51. The lowest BCUT2D eigenvalue weighted by Crippen LogP contribution is -1.94. The molecule has 2 aromatic rings. The van der Waals surface area contributed by atoms with Crippen molar-refractivity contribution in [3.63, 3.8) is 0 Å². The summed E-state index contributed by atoms with van der Waals surface area (Å²) in [4.78, 5) is 11.3. The number of ether oxygens (including phenoxy) is 1. The van der Waals surface area contributed by atoms with Gasteiger partial charge in [-0.3, -0.25) is 4.79 Å². The van der Waals surface area contributed by atoms with Gasteiger partial charge in [-0.05, 0) is 56.2 Å². The van der Waals surface area contributed by atoms with E-state index in [0.717, 1.165) is 21.3 Å². The molecule has 0 fully saturated rings. The van der Waals surface area contributed by atoms with E-state index in [1.54, 1.807) is 18.2 Å². The lowest BCUT2D eigenvalue weighted by Gasteiger charge is -2.11. The maximum absolute atomic E-state index is 11.3. The molecule has 0 N–H and O–H groups in total. The van der Waals surface area contributed by atoms with Crippen molar-refractivity contribution in [2.75, 3.05) is 0 Å². The Kier molecular flexibility index (Phi) is 4.51. The number of benzene rings is 2. The molecule has 104 valence electrons. The van der Waals surface area contributed by atoms with E-state index < -0.39 is 0 Å². The van der Waals surface area contributed by atoms with Crippen LogP contribution in [0.4, 0.5) is 0 Å². The smallest absolute Gasteiger partial charge is 0.161 e. The fourth-order valence-corrected chi connectivity index (χ4v) is 2.48. The number of carbonyl (C=O) groups is 1. The minimum absolute atomic E-state index is 0.0584. The molecule has 0 aliphatic heterocycles. The Morgan fingerprint density at radius 2 is 1.70 bits per heavy atom. The molecule has 0 aliphatic carbocycles.